The van der Waals surface area contributed by atoms with Crippen LogP contribution in [0.5, 0.6) is 0 Å². The van der Waals surface area contributed by atoms with E-state index in [0.717, 1.165) is 0 Å². The van der Waals surface area contributed by atoms with Gasteiger partial charge in [0.05, 0.1) is 6.61 Å². The van der Waals surface area contributed by atoms with Crippen LogP contribution in [-0.2, 0) is 18.0 Å². The van der Waals surface area contributed by atoms with Gasteiger partial charge in [-0.25, -0.2) is 4.79 Å². The van der Waals surface area contributed by atoms with Crippen LogP contribution in [0.15, 0.2) is 15.8 Å². The summed E-state index contributed by atoms with van der Waals surface area (Å²) in [5.41, 5.74) is -0.474. The molecule has 0 unspecified atom stereocenters. The Kier molecular flexibility index (Phi) is 6.90. The number of H-pyrrole nitrogens is 1. The lowest BCUT2D eigenvalue weighted by Gasteiger charge is -2.54. The fourth-order valence-corrected chi connectivity index (χ4v) is 11.2. The average molecular weight is 513 g/mol. The second-order valence-corrected chi connectivity index (χ2v) is 22.9. The van der Waals surface area contributed by atoms with Gasteiger partial charge in [-0.15, -0.1) is 0 Å². The molecule has 4 atom stereocenters. The van der Waals surface area contributed by atoms with Gasteiger partial charge in [-0.05, 0) is 25.1 Å². The van der Waals surface area contributed by atoms with Crippen LogP contribution >= 0.6 is 0 Å². The maximum Gasteiger partial charge on any atom is 0.349 e. The molecule has 2 fully saturated rings. The van der Waals surface area contributed by atoms with E-state index < -0.39 is 40.5 Å². The molecule has 1 aromatic heterocycles. The molecule has 0 aromatic carbocycles. The third-order valence-electron chi connectivity index (χ3n) is 7.67. The van der Waals surface area contributed by atoms with Gasteiger partial charge in [-0.1, -0.05) is 62.3 Å². The molecule has 2 saturated heterocycles. The molecule has 0 bridgehead atoms. The minimum absolute atomic E-state index is 0.0464. The summed E-state index contributed by atoms with van der Waals surface area (Å²) >= 11 is 0. The SMILES string of the molecule is Cc1cn([C@@H]2O[C@@H]3CO[Si](C(C)(C)C)(C(C)(C)C)O[C@H]3[C@H]2O[Si](C)(C)C(C)(C)C)c(=O)[nH]c1=O. The molecule has 10 heteroatoms. The van der Waals surface area contributed by atoms with Crippen LogP contribution in [0, 0.1) is 6.92 Å². The number of fused-ring (bicyclic) bond motifs is 1. The highest BCUT2D eigenvalue weighted by Gasteiger charge is 2.65. The molecule has 0 aliphatic carbocycles. The molecule has 0 amide bonds. The number of rotatable bonds is 3. The highest BCUT2D eigenvalue weighted by molar-refractivity contribution is 6.74. The van der Waals surface area contributed by atoms with Crippen LogP contribution in [0.1, 0.15) is 74.1 Å². The topological polar surface area (TPSA) is 91.8 Å². The van der Waals surface area contributed by atoms with Crippen molar-refractivity contribution >= 4 is 16.9 Å². The maximum atomic E-state index is 12.9. The van der Waals surface area contributed by atoms with E-state index in [4.69, 9.17) is 18.0 Å². The lowest BCUT2D eigenvalue weighted by Crippen LogP contribution is -2.66. The molecule has 1 N–H and O–H groups in total. The molecular formula is C24H44N2O6Si2. The van der Waals surface area contributed by atoms with Gasteiger partial charge in [0.1, 0.15) is 18.3 Å². The summed E-state index contributed by atoms with van der Waals surface area (Å²) in [5, 5.41) is -0.433. The third kappa shape index (κ3) is 4.57. The first kappa shape index (κ1) is 27.5. The highest BCUT2D eigenvalue weighted by atomic mass is 28.4. The van der Waals surface area contributed by atoms with Gasteiger partial charge in [0.2, 0.25) is 0 Å². The Bertz CT molecular complexity index is 1010. The first-order valence-electron chi connectivity index (χ1n) is 12.2. The van der Waals surface area contributed by atoms with E-state index in [0.29, 0.717) is 12.2 Å². The highest BCUT2D eigenvalue weighted by Crippen LogP contribution is 2.56. The zero-order chi connectivity index (χ0) is 26.1. The van der Waals surface area contributed by atoms with E-state index in [2.05, 4.69) is 80.4 Å². The standard InChI is InChI=1S/C24H44N2O6Si2/c1-15-13-26(21(28)25-19(15)27)20-18(31-33(11,12)22(2,3)4)17-16(30-20)14-29-34(32-17,23(5,6)7)24(8,9)10/h13,16-18,20H,14H2,1-12H3,(H,25,27,28)/t16-,17-,18-,20-/m1/s1. The van der Waals surface area contributed by atoms with Gasteiger partial charge in [0.25, 0.3) is 5.56 Å². The molecule has 1 aromatic rings. The normalized spacial score (nSPS) is 28.1. The summed E-state index contributed by atoms with van der Waals surface area (Å²) < 4.78 is 28.5. The van der Waals surface area contributed by atoms with Crippen LogP contribution in [-0.4, -0.2) is 51.3 Å². The van der Waals surface area contributed by atoms with Crippen molar-refractivity contribution in [1.82, 2.24) is 9.55 Å². The molecular weight excluding hydrogens is 468 g/mol. The summed E-state index contributed by atoms with van der Waals surface area (Å²) in [6.45, 7) is 26.1. The summed E-state index contributed by atoms with van der Waals surface area (Å²) in [5.74, 6) is 0. The van der Waals surface area contributed by atoms with E-state index in [-0.39, 0.29) is 27.3 Å². The molecule has 3 rings (SSSR count). The van der Waals surface area contributed by atoms with Gasteiger partial charge < -0.3 is 18.0 Å². The Morgan fingerprint density at radius 2 is 1.62 bits per heavy atom. The Balaban J connectivity index is 2.14. The number of nitrogens with one attached hydrogen (secondary N) is 1. The molecule has 3 heterocycles. The minimum atomic E-state index is -2.79. The summed E-state index contributed by atoms with van der Waals surface area (Å²) in [4.78, 5) is 27.3. The largest absolute Gasteiger partial charge is 0.407 e. The summed E-state index contributed by atoms with van der Waals surface area (Å²) in [7, 11) is -5.06. The second kappa shape index (κ2) is 8.52. The zero-order valence-corrected chi connectivity index (χ0v) is 25.0. The average Bonchev–Trinajstić information content (AvgIpc) is 2.98. The van der Waals surface area contributed by atoms with E-state index in [9.17, 15) is 9.59 Å². The Morgan fingerprint density at radius 1 is 1.06 bits per heavy atom. The molecule has 34 heavy (non-hydrogen) atoms. The molecule has 0 spiro atoms. The number of hydrogen-bond acceptors (Lipinski definition) is 6. The molecule has 0 radical (unpaired) electrons. The van der Waals surface area contributed by atoms with Crippen molar-refractivity contribution in [2.45, 2.75) is 122 Å². The quantitative estimate of drug-likeness (QED) is 0.596. The number of ether oxygens (including phenoxy) is 1. The fourth-order valence-electron chi connectivity index (χ4n) is 4.96. The number of aromatic amines is 1. The molecule has 2 aliphatic rings. The maximum absolute atomic E-state index is 12.9. The van der Waals surface area contributed by atoms with E-state index in [1.165, 1.54) is 4.57 Å². The van der Waals surface area contributed by atoms with Gasteiger partial charge in [-0.2, -0.15) is 0 Å². The minimum Gasteiger partial charge on any atom is -0.407 e. The lowest BCUT2D eigenvalue weighted by atomic mass is 10.1. The Hall–Kier alpha value is -1.05. The van der Waals surface area contributed by atoms with E-state index >= 15 is 0 Å². The molecule has 194 valence electrons. The molecule has 8 nitrogen and oxygen atoms in total. The third-order valence-corrected chi connectivity index (χ3v) is 17.3. The number of hydrogen-bond donors (Lipinski definition) is 1. The van der Waals surface area contributed by atoms with Crippen molar-refractivity contribution in [1.29, 1.82) is 0 Å². The number of aromatic nitrogens is 2. The zero-order valence-electron chi connectivity index (χ0n) is 23.0. The summed E-state index contributed by atoms with van der Waals surface area (Å²) in [6, 6.07) is 0. The first-order valence-corrected chi connectivity index (χ1v) is 16.9. The fraction of sp³-hybridized carbons (Fsp3) is 0.833. The van der Waals surface area contributed by atoms with E-state index in [1.807, 2.05) is 0 Å². The molecule has 2 aliphatic heterocycles. The first-order chi connectivity index (χ1) is 15.2. The predicted octanol–water partition coefficient (Wildman–Crippen LogP) is 4.59. The summed E-state index contributed by atoms with van der Waals surface area (Å²) in [6.07, 6.45) is -0.416. The van der Waals surface area contributed by atoms with Crippen LogP contribution in [0.2, 0.25) is 28.2 Å². The molecule has 0 saturated carbocycles. The number of nitrogens with zero attached hydrogens (tertiary/aromatic N) is 1. The van der Waals surface area contributed by atoms with Crippen LogP contribution in [0.4, 0.5) is 0 Å². The van der Waals surface area contributed by atoms with Crippen LogP contribution in [0.3, 0.4) is 0 Å². The second-order valence-electron chi connectivity index (χ2n) is 13.4. The smallest absolute Gasteiger partial charge is 0.349 e. The van der Waals surface area contributed by atoms with Crippen molar-refractivity contribution in [3.63, 3.8) is 0 Å². The Morgan fingerprint density at radius 3 is 2.12 bits per heavy atom. The monoisotopic (exact) mass is 512 g/mol. The predicted molar refractivity (Wildman–Crippen MR) is 138 cm³/mol. The van der Waals surface area contributed by atoms with Gasteiger partial charge in [0, 0.05) is 21.8 Å². The van der Waals surface area contributed by atoms with Crippen molar-refractivity contribution in [3.8, 4) is 0 Å². The van der Waals surface area contributed by atoms with Crippen LogP contribution in [0.25, 0.3) is 0 Å². The number of aryl methyl sites for hydroxylation is 1. The van der Waals surface area contributed by atoms with Crippen molar-refractivity contribution in [3.05, 3.63) is 32.6 Å². The lowest BCUT2D eigenvalue weighted by molar-refractivity contribution is -0.0809. The van der Waals surface area contributed by atoms with E-state index in [1.54, 1.807) is 13.1 Å². The van der Waals surface area contributed by atoms with Crippen molar-refractivity contribution in [2.24, 2.45) is 0 Å². The van der Waals surface area contributed by atoms with Crippen molar-refractivity contribution in [2.75, 3.05) is 6.61 Å². The van der Waals surface area contributed by atoms with Gasteiger partial charge in [-0.3, -0.25) is 14.3 Å². The van der Waals surface area contributed by atoms with Crippen molar-refractivity contribution < 1.29 is 18.0 Å². The Labute approximate surface area is 205 Å². The van der Waals surface area contributed by atoms with Gasteiger partial charge >= 0.3 is 14.3 Å². The van der Waals surface area contributed by atoms with Gasteiger partial charge in [0.15, 0.2) is 14.5 Å². The van der Waals surface area contributed by atoms with Crippen LogP contribution < -0.4 is 11.2 Å².